The summed E-state index contributed by atoms with van der Waals surface area (Å²) in [6, 6.07) is 13.8. The molecule has 0 atom stereocenters. The number of imidazole rings is 1. The first-order chi connectivity index (χ1) is 20.2. The van der Waals surface area contributed by atoms with Crippen molar-refractivity contribution in [2.24, 2.45) is 0 Å². The van der Waals surface area contributed by atoms with Gasteiger partial charge < -0.3 is 10.3 Å². The van der Waals surface area contributed by atoms with Crippen molar-refractivity contribution in [2.45, 2.75) is 19.9 Å². The molecule has 11 nitrogen and oxygen atoms in total. The number of nitrogens with zero attached hydrogens (tertiary/aromatic N) is 4. The van der Waals surface area contributed by atoms with Crippen molar-refractivity contribution in [3.05, 3.63) is 78.5 Å². The third kappa shape index (κ3) is 5.60. The molecule has 0 fully saturated rings. The Kier molecular flexibility index (Phi) is 6.96. The molecule has 0 unspecified atom stereocenters. The number of hydrogen-bond donors (Lipinski definition) is 4. The standard InChI is InChI=1S/C29H25FN8O3S/c1-3-25(39)34-21-11-19(14-31-15-21)17-4-5-24-23(12-17)27(38-37-24)29-35-26-22(6-7-32-28(26)36-29)18-8-16(9-20(30)10-18)13-33-42(2,40)41/h4-12,14-15,33H,3,13H2,1-2H3,(H,34,39)(H,37,38)(H,32,35,36). The van der Waals surface area contributed by atoms with Gasteiger partial charge in [0.2, 0.25) is 15.9 Å². The van der Waals surface area contributed by atoms with Gasteiger partial charge in [-0.25, -0.2) is 27.5 Å². The first kappa shape index (κ1) is 27.2. The van der Waals surface area contributed by atoms with Gasteiger partial charge in [0.1, 0.15) is 17.0 Å². The van der Waals surface area contributed by atoms with Gasteiger partial charge in [-0.3, -0.25) is 14.9 Å². The number of hydrogen-bond acceptors (Lipinski definition) is 7. The molecule has 13 heteroatoms. The number of pyridine rings is 2. The lowest BCUT2D eigenvalue weighted by Gasteiger charge is -2.08. The molecule has 0 aliphatic rings. The summed E-state index contributed by atoms with van der Waals surface area (Å²) in [7, 11) is -3.45. The summed E-state index contributed by atoms with van der Waals surface area (Å²) in [5.74, 6) is -0.137. The minimum Gasteiger partial charge on any atom is -0.325 e. The van der Waals surface area contributed by atoms with E-state index in [0.717, 1.165) is 28.3 Å². The van der Waals surface area contributed by atoms with Gasteiger partial charge in [0, 0.05) is 41.9 Å². The average molecular weight is 585 g/mol. The maximum absolute atomic E-state index is 14.6. The molecule has 1 amide bonds. The Labute approximate surface area is 239 Å². The Bertz CT molecular complexity index is 2090. The highest BCUT2D eigenvalue weighted by Crippen LogP contribution is 2.33. The van der Waals surface area contributed by atoms with E-state index >= 15 is 0 Å². The lowest BCUT2D eigenvalue weighted by Crippen LogP contribution is -2.21. The van der Waals surface area contributed by atoms with Gasteiger partial charge in [0.25, 0.3) is 0 Å². The number of H-pyrrole nitrogens is 2. The monoisotopic (exact) mass is 584 g/mol. The van der Waals surface area contributed by atoms with E-state index in [1.165, 1.54) is 12.1 Å². The zero-order valence-electron chi connectivity index (χ0n) is 22.6. The van der Waals surface area contributed by atoms with Crippen molar-refractivity contribution in [1.29, 1.82) is 0 Å². The van der Waals surface area contributed by atoms with Crippen LogP contribution in [0.25, 0.3) is 55.8 Å². The van der Waals surface area contributed by atoms with Crippen LogP contribution in [0, 0.1) is 5.82 Å². The van der Waals surface area contributed by atoms with Crippen LogP contribution in [0.4, 0.5) is 10.1 Å². The average Bonchev–Trinajstić information content (AvgIpc) is 3.59. The number of sulfonamides is 1. The second-order valence-corrected chi connectivity index (χ2v) is 11.6. The lowest BCUT2D eigenvalue weighted by atomic mass is 10.0. The molecule has 212 valence electrons. The zero-order valence-corrected chi connectivity index (χ0v) is 23.4. The third-order valence-electron chi connectivity index (χ3n) is 6.66. The fraction of sp³-hybridized carbons (Fsp3) is 0.138. The number of carbonyl (C=O) groups excluding carboxylic acids is 1. The van der Waals surface area contributed by atoms with Crippen LogP contribution in [0.5, 0.6) is 0 Å². The molecule has 0 saturated heterocycles. The Balaban J connectivity index is 1.39. The largest absolute Gasteiger partial charge is 0.325 e. The highest BCUT2D eigenvalue weighted by atomic mass is 32.2. The van der Waals surface area contributed by atoms with E-state index in [9.17, 15) is 17.6 Å². The number of anilines is 1. The van der Waals surface area contributed by atoms with E-state index in [4.69, 9.17) is 4.98 Å². The van der Waals surface area contributed by atoms with Crippen LogP contribution >= 0.6 is 0 Å². The molecule has 4 N–H and O–H groups in total. The van der Waals surface area contributed by atoms with Crippen LogP contribution in [-0.2, 0) is 21.4 Å². The van der Waals surface area contributed by atoms with Crippen LogP contribution in [0.1, 0.15) is 18.9 Å². The van der Waals surface area contributed by atoms with Crippen LogP contribution in [-0.4, -0.2) is 50.7 Å². The van der Waals surface area contributed by atoms with Crippen molar-refractivity contribution in [3.63, 3.8) is 0 Å². The summed E-state index contributed by atoms with van der Waals surface area (Å²) in [6.45, 7) is 1.74. The number of benzene rings is 2. The van der Waals surface area contributed by atoms with Crippen molar-refractivity contribution >= 4 is 43.7 Å². The van der Waals surface area contributed by atoms with Crippen LogP contribution < -0.4 is 10.0 Å². The number of halogens is 1. The van der Waals surface area contributed by atoms with Crippen molar-refractivity contribution in [2.75, 3.05) is 11.6 Å². The number of nitrogens with one attached hydrogen (secondary N) is 4. The smallest absolute Gasteiger partial charge is 0.224 e. The first-order valence-corrected chi connectivity index (χ1v) is 14.9. The second kappa shape index (κ2) is 10.8. The summed E-state index contributed by atoms with van der Waals surface area (Å²) in [5, 5.41) is 11.2. The molecule has 0 aliphatic heterocycles. The summed E-state index contributed by atoms with van der Waals surface area (Å²) in [6.07, 6.45) is 6.33. The normalized spacial score (nSPS) is 11.8. The van der Waals surface area contributed by atoms with Gasteiger partial charge >= 0.3 is 0 Å². The highest BCUT2D eigenvalue weighted by molar-refractivity contribution is 7.88. The molecule has 0 aliphatic carbocycles. The Morgan fingerprint density at radius 1 is 1.02 bits per heavy atom. The molecule has 6 aromatic rings. The van der Waals surface area contributed by atoms with Gasteiger partial charge in [0.15, 0.2) is 11.5 Å². The number of carbonyl (C=O) groups is 1. The van der Waals surface area contributed by atoms with E-state index in [1.54, 1.807) is 37.6 Å². The Morgan fingerprint density at radius 3 is 2.69 bits per heavy atom. The second-order valence-electron chi connectivity index (χ2n) is 9.78. The predicted octanol–water partition coefficient (Wildman–Crippen LogP) is 4.77. The van der Waals surface area contributed by atoms with E-state index in [1.807, 2.05) is 24.3 Å². The SMILES string of the molecule is CCC(=O)Nc1cncc(-c2ccc3[nH]nc(-c4nc5c(-c6cc(F)cc(CNS(C)(=O)=O)c6)ccnc5[nH]4)c3c2)c1. The minimum absolute atomic E-state index is 0.0470. The van der Waals surface area contributed by atoms with Crippen molar-refractivity contribution in [1.82, 2.24) is 34.9 Å². The van der Waals surface area contributed by atoms with E-state index in [-0.39, 0.29) is 12.5 Å². The molecule has 4 aromatic heterocycles. The number of aromatic amines is 2. The lowest BCUT2D eigenvalue weighted by molar-refractivity contribution is -0.115. The van der Waals surface area contributed by atoms with Crippen LogP contribution in [0.15, 0.2) is 67.1 Å². The van der Waals surface area contributed by atoms with Gasteiger partial charge in [-0.1, -0.05) is 13.0 Å². The molecule has 2 aromatic carbocycles. The number of fused-ring (bicyclic) bond motifs is 2. The van der Waals surface area contributed by atoms with Gasteiger partial charge in [-0.2, -0.15) is 5.10 Å². The van der Waals surface area contributed by atoms with E-state index < -0.39 is 15.8 Å². The zero-order chi connectivity index (χ0) is 29.4. The molecule has 6 rings (SSSR count). The molecule has 4 heterocycles. The number of aromatic nitrogens is 6. The third-order valence-corrected chi connectivity index (χ3v) is 7.32. The molecular formula is C29H25FN8O3S. The molecule has 0 spiro atoms. The molecule has 0 bridgehead atoms. The van der Waals surface area contributed by atoms with E-state index in [2.05, 4.69) is 35.2 Å². The quantitative estimate of drug-likeness (QED) is 0.201. The highest BCUT2D eigenvalue weighted by Gasteiger charge is 2.17. The molecule has 0 radical (unpaired) electrons. The van der Waals surface area contributed by atoms with Crippen molar-refractivity contribution in [3.8, 4) is 33.8 Å². The molecular weight excluding hydrogens is 559 g/mol. The van der Waals surface area contributed by atoms with Crippen LogP contribution in [0.2, 0.25) is 0 Å². The number of rotatable bonds is 8. The number of amides is 1. The van der Waals surface area contributed by atoms with Gasteiger partial charge in [-0.05, 0) is 59.2 Å². The molecule has 0 saturated carbocycles. The Hall–Kier alpha value is -5.01. The first-order valence-electron chi connectivity index (χ1n) is 13.0. The fourth-order valence-electron chi connectivity index (χ4n) is 4.67. The topological polar surface area (TPSA) is 158 Å². The van der Waals surface area contributed by atoms with Gasteiger partial charge in [0.05, 0.1) is 23.7 Å². The fourth-order valence-corrected chi connectivity index (χ4v) is 5.10. The maximum atomic E-state index is 14.6. The van der Waals surface area contributed by atoms with Crippen LogP contribution in [0.3, 0.4) is 0 Å². The van der Waals surface area contributed by atoms with Crippen molar-refractivity contribution < 1.29 is 17.6 Å². The summed E-state index contributed by atoms with van der Waals surface area (Å²) in [5.41, 5.74) is 6.27. The summed E-state index contributed by atoms with van der Waals surface area (Å²) < 4.78 is 40.0. The van der Waals surface area contributed by atoms with E-state index in [0.29, 0.717) is 51.5 Å². The Morgan fingerprint density at radius 2 is 1.88 bits per heavy atom. The molecule has 42 heavy (non-hydrogen) atoms. The minimum atomic E-state index is -3.45. The van der Waals surface area contributed by atoms with Gasteiger partial charge in [-0.15, -0.1) is 0 Å². The summed E-state index contributed by atoms with van der Waals surface area (Å²) in [4.78, 5) is 28.5. The summed E-state index contributed by atoms with van der Waals surface area (Å²) >= 11 is 0. The maximum Gasteiger partial charge on any atom is 0.224 e. The predicted molar refractivity (Wildman–Crippen MR) is 158 cm³/mol.